The minimum absolute atomic E-state index is 0.0118. The number of amides is 3. The molecule has 3 N–H and O–H groups in total. The van der Waals surface area contributed by atoms with Gasteiger partial charge in [0.2, 0.25) is 15.9 Å². The Labute approximate surface area is 235 Å². The van der Waals surface area contributed by atoms with Crippen LogP contribution in [0.2, 0.25) is 5.02 Å². The van der Waals surface area contributed by atoms with Crippen LogP contribution in [0.25, 0.3) is 0 Å². The highest BCUT2D eigenvalue weighted by Gasteiger charge is 2.33. The van der Waals surface area contributed by atoms with Crippen molar-refractivity contribution in [3.05, 3.63) is 53.1 Å². The molecule has 0 saturated heterocycles. The SMILES string of the molecule is CC(C)NC(=O)Nc1ccc2c(c1)CC(=O)N([C@@H](C)CO)C[C@@H](C)[C@H](CN(C)S(=O)(=O)c1ccc(Cl)cc1)O2. The van der Waals surface area contributed by atoms with Crippen molar-refractivity contribution >= 4 is 39.2 Å². The van der Waals surface area contributed by atoms with Crippen LogP contribution in [0, 0.1) is 5.92 Å². The second-order valence-corrected chi connectivity index (χ2v) is 12.7. The van der Waals surface area contributed by atoms with Gasteiger partial charge >= 0.3 is 6.03 Å². The average molecular weight is 581 g/mol. The van der Waals surface area contributed by atoms with E-state index in [-0.39, 0.29) is 54.9 Å². The van der Waals surface area contributed by atoms with Gasteiger partial charge in [0, 0.05) is 41.8 Å². The fraction of sp³-hybridized carbons (Fsp3) is 0.481. The number of nitrogens with one attached hydrogen (secondary N) is 2. The summed E-state index contributed by atoms with van der Waals surface area (Å²) in [7, 11) is -2.36. The topological polar surface area (TPSA) is 128 Å². The molecule has 0 radical (unpaired) electrons. The molecule has 1 aliphatic rings. The molecule has 39 heavy (non-hydrogen) atoms. The number of carbonyl (C=O) groups excluding carboxylic acids is 2. The molecule has 0 saturated carbocycles. The summed E-state index contributed by atoms with van der Waals surface area (Å²) in [5.41, 5.74) is 1.02. The largest absolute Gasteiger partial charge is 0.488 e. The number of urea groups is 1. The molecule has 1 aliphatic heterocycles. The van der Waals surface area contributed by atoms with Crippen LogP contribution < -0.4 is 15.4 Å². The van der Waals surface area contributed by atoms with Gasteiger partial charge in [0.05, 0.1) is 30.5 Å². The first-order valence-corrected chi connectivity index (χ1v) is 14.6. The number of nitrogens with zero attached hydrogens (tertiary/aromatic N) is 2. The number of halogens is 1. The Hall–Kier alpha value is -2.86. The molecule has 2 aromatic carbocycles. The first-order valence-electron chi connectivity index (χ1n) is 12.8. The zero-order chi connectivity index (χ0) is 28.9. The fourth-order valence-electron chi connectivity index (χ4n) is 4.29. The van der Waals surface area contributed by atoms with Gasteiger partial charge in [0.15, 0.2) is 0 Å². The molecule has 0 unspecified atom stereocenters. The lowest BCUT2D eigenvalue weighted by molar-refractivity contribution is -0.134. The molecular formula is C27H37ClN4O6S. The van der Waals surface area contributed by atoms with Crippen molar-refractivity contribution in [3.8, 4) is 5.75 Å². The standard InChI is InChI=1S/C27H37ClN4O6S/c1-17(2)29-27(35)30-22-8-11-24-20(12-22)13-26(34)32(19(4)16-33)14-18(3)25(38-24)15-31(5)39(36,37)23-9-6-21(28)7-10-23/h6-12,17-19,25,33H,13-16H2,1-5H3,(H2,29,30,35)/t18-,19+,25+/m1/s1. The van der Waals surface area contributed by atoms with E-state index in [1.807, 2.05) is 20.8 Å². The number of aliphatic hydroxyl groups excluding tert-OH is 1. The first kappa shape index (κ1) is 30.7. The summed E-state index contributed by atoms with van der Waals surface area (Å²) in [6, 6.07) is 10.1. The Bertz CT molecular complexity index is 1270. The number of hydrogen-bond donors (Lipinski definition) is 3. The Morgan fingerprint density at radius 2 is 1.87 bits per heavy atom. The summed E-state index contributed by atoms with van der Waals surface area (Å²) in [4.78, 5) is 27.3. The number of ether oxygens (including phenoxy) is 1. The van der Waals surface area contributed by atoms with Crippen LogP contribution in [0.1, 0.15) is 33.3 Å². The van der Waals surface area contributed by atoms with E-state index >= 15 is 0 Å². The number of fused-ring (bicyclic) bond motifs is 1. The molecule has 3 amide bonds. The highest BCUT2D eigenvalue weighted by molar-refractivity contribution is 7.89. The predicted molar refractivity (Wildman–Crippen MR) is 151 cm³/mol. The molecule has 0 bridgehead atoms. The van der Waals surface area contributed by atoms with E-state index < -0.39 is 22.2 Å². The minimum Gasteiger partial charge on any atom is -0.488 e. The third-order valence-corrected chi connectivity index (χ3v) is 8.64. The van der Waals surface area contributed by atoms with Crippen molar-refractivity contribution in [2.75, 3.05) is 32.1 Å². The van der Waals surface area contributed by atoms with Gasteiger partial charge in [0.25, 0.3) is 0 Å². The van der Waals surface area contributed by atoms with E-state index in [0.29, 0.717) is 22.0 Å². The van der Waals surface area contributed by atoms with Crippen LogP contribution in [0.5, 0.6) is 5.75 Å². The summed E-state index contributed by atoms with van der Waals surface area (Å²) in [5, 5.41) is 15.8. The highest BCUT2D eigenvalue weighted by atomic mass is 35.5. The van der Waals surface area contributed by atoms with Crippen molar-refractivity contribution in [1.82, 2.24) is 14.5 Å². The van der Waals surface area contributed by atoms with E-state index in [4.69, 9.17) is 16.3 Å². The number of likely N-dealkylation sites (N-methyl/N-ethyl adjacent to an activating group) is 1. The molecule has 3 rings (SSSR count). The minimum atomic E-state index is -3.84. The lowest BCUT2D eigenvalue weighted by Gasteiger charge is -2.33. The monoisotopic (exact) mass is 580 g/mol. The van der Waals surface area contributed by atoms with Gasteiger partial charge in [-0.2, -0.15) is 4.31 Å². The molecule has 10 nitrogen and oxygen atoms in total. The van der Waals surface area contributed by atoms with Gasteiger partial charge in [-0.05, 0) is 63.2 Å². The Morgan fingerprint density at radius 1 is 1.21 bits per heavy atom. The van der Waals surface area contributed by atoms with Crippen molar-refractivity contribution in [1.29, 1.82) is 0 Å². The van der Waals surface area contributed by atoms with Crippen molar-refractivity contribution in [3.63, 3.8) is 0 Å². The molecule has 0 aromatic heterocycles. The summed E-state index contributed by atoms with van der Waals surface area (Å²) >= 11 is 5.93. The summed E-state index contributed by atoms with van der Waals surface area (Å²) in [6.07, 6.45) is -0.641. The first-order chi connectivity index (χ1) is 18.3. The number of carbonyl (C=O) groups is 2. The van der Waals surface area contributed by atoms with E-state index in [9.17, 15) is 23.1 Å². The molecule has 2 aromatic rings. The maximum Gasteiger partial charge on any atom is 0.319 e. The molecular weight excluding hydrogens is 544 g/mol. The molecule has 12 heteroatoms. The number of hydrogen-bond acceptors (Lipinski definition) is 6. The third kappa shape index (κ3) is 7.84. The van der Waals surface area contributed by atoms with Gasteiger partial charge in [-0.25, -0.2) is 13.2 Å². The van der Waals surface area contributed by atoms with Crippen LogP contribution >= 0.6 is 11.6 Å². The quantitative estimate of drug-likeness (QED) is 0.439. The Balaban J connectivity index is 1.95. The number of anilines is 1. The van der Waals surface area contributed by atoms with Crippen LogP contribution in [0.3, 0.4) is 0 Å². The number of rotatable bonds is 8. The van der Waals surface area contributed by atoms with E-state index in [1.165, 1.54) is 35.6 Å². The van der Waals surface area contributed by atoms with E-state index in [0.717, 1.165) is 0 Å². The number of aliphatic hydroxyl groups is 1. The Morgan fingerprint density at radius 3 is 2.49 bits per heavy atom. The molecule has 3 atom stereocenters. The summed E-state index contributed by atoms with van der Waals surface area (Å²) in [6.45, 7) is 7.38. The second kappa shape index (κ2) is 13.0. The smallest absolute Gasteiger partial charge is 0.319 e. The summed E-state index contributed by atoms with van der Waals surface area (Å²) < 4.78 is 34.2. The van der Waals surface area contributed by atoms with Crippen molar-refractivity contribution in [2.45, 2.75) is 57.2 Å². The number of benzene rings is 2. The maximum absolute atomic E-state index is 13.4. The Kier molecular flexibility index (Phi) is 10.2. The molecule has 214 valence electrons. The summed E-state index contributed by atoms with van der Waals surface area (Å²) in [5.74, 6) is -0.0722. The maximum atomic E-state index is 13.4. The van der Waals surface area contributed by atoms with Gasteiger partial charge < -0.3 is 25.4 Å². The molecule has 0 fully saturated rings. The molecule has 0 spiro atoms. The van der Waals surface area contributed by atoms with Gasteiger partial charge in [-0.3, -0.25) is 4.79 Å². The van der Waals surface area contributed by atoms with E-state index in [2.05, 4.69) is 10.6 Å². The third-order valence-electron chi connectivity index (χ3n) is 6.55. The number of sulfonamides is 1. The van der Waals surface area contributed by atoms with Gasteiger partial charge in [-0.15, -0.1) is 0 Å². The lowest BCUT2D eigenvalue weighted by atomic mass is 10.0. The molecule has 1 heterocycles. The van der Waals surface area contributed by atoms with Gasteiger partial charge in [0.1, 0.15) is 11.9 Å². The van der Waals surface area contributed by atoms with Gasteiger partial charge in [-0.1, -0.05) is 18.5 Å². The molecule has 0 aliphatic carbocycles. The van der Waals surface area contributed by atoms with Crippen LogP contribution in [-0.2, 0) is 21.2 Å². The van der Waals surface area contributed by atoms with E-state index in [1.54, 1.807) is 30.0 Å². The zero-order valence-electron chi connectivity index (χ0n) is 22.8. The average Bonchev–Trinajstić information content (AvgIpc) is 2.91. The van der Waals surface area contributed by atoms with Crippen LogP contribution in [0.15, 0.2) is 47.4 Å². The van der Waals surface area contributed by atoms with Crippen molar-refractivity contribution in [2.24, 2.45) is 5.92 Å². The lowest BCUT2D eigenvalue weighted by Crippen LogP contribution is -2.48. The predicted octanol–water partition coefficient (Wildman–Crippen LogP) is 3.34. The second-order valence-electron chi connectivity index (χ2n) is 10.2. The fourth-order valence-corrected chi connectivity index (χ4v) is 5.60. The zero-order valence-corrected chi connectivity index (χ0v) is 24.4. The van der Waals surface area contributed by atoms with Crippen LogP contribution in [0.4, 0.5) is 10.5 Å². The normalized spacial score (nSPS) is 19.0. The van der Waals surface area contributed by atoms with Crippen molar-refractivity contribution < 1.29 is 27.9 Å². The highest BCUT2D eigenvalue weighted by Crippen LogP contribution is 2.30. The van der Waals surface area contributed by atoms with Crippen LogP contribution in [-0.4, -0.2) is 79.6 Å².